The average Bonchev–Trinajstić information content (AvgIpc) is 2.97. The van der Waals surface area contributed by atoms with Crippen molar-refractivity contribution in [2.45, 2.75) is 57.5 Å². The van der Waals surface area contributed by atoms with Crippen molar-refractivity contribution in [2.75, 3.05) is 25.5 Å². The number of hydrogen-bond donors (Lipinski definition) is 1. The molecule has 1 N–H and O–H groups in total. The molecule has 0 amide bonds. The highest BCUT2D eigenvalue weighted by Gasteiger charge is 2.23. The molecule has 106 valence electrons. The maximum Gasteiger partial charge on any atom is 0.203 e. The standard InChI is InChI=1S/C15H26N4/c1-12-10-19(14-6-4-3-5-7-14)15(16-12)17-13-8-9-18(2)11-13/h10,13-14H,3-9,11H2,1-2H3,(H,16,17). The molecule has 4 heteroatoms. The van der Waals surface area contributed by atoms with Crippen molar-refractivity contribution in [1.82, 2.24) is 14.5 Å². The van der Waals surface area contributed by atoms with Gasteiger partial charge in [-0.2, -0.15) is 0 Å². The zero-order chi connectivity index (χ0) is 13.2. The molecule has 19 heavy (non-hydrogen) atoms. The van der Waals surface area contributed by atoms with Gasteiger partial charge in [0, 0.05) is 24.8 Å². The van der Waals surface area contributed by atoms with E-state index in [0.29, 0.717) is 12.1 Å². The topological polar surface area (TPSA) is 33.1 Å². The van der Waals surface area contributed by atoms with E-state index in [-0.39, 0.29) is 0 Å². The van der Waals surface area contributed by atoms with Crippen LogP contribution in [0.25, 0.3) is 0 Å². The van der Waals surface area contributed by atoms with Crippen LogP contribution in [0.4, 0.5) is 5.95 Å². The lowest BCUT2D eigenvalue weighted by Gasteiger charge is -2.25. The van der Waals surface area contributed by atoms with E-state index in [1.165, 1.54) is 45.1 Å². The van der Waals surface area contributed by atoms with Crippen molar-refractivity contribution in [3.05, 3.63) is 11.9 Å². The molecule has 0 radical (unpaired) electrons. The zero-order valence-electron chi connectivity index (χ0n) is 12.2. The third-order valence-corrected chi connectivity index (χ3v) is 4.55. The minimum atomic E-state index is 0.564. The molecular formula is C15H26N4. The number of anilines is 1. The molecule has 1 aliphatic carbocycles. The van der Waals surface area contributed by atoms with Crippen LogP contribution in [0, 0.1) is 6.92 Å². The second-order valence-electron chi connectivity index (χ2n) is 6.30. The van der Waals surface area contributed by atoms with Crippen molar-refractivity contribution >= 4 is 5.95 Å². The van der Waals surface area contributed by atoms with E-state index in [4.69, 9.17) is 4.98 Å². The molecule has 1 aromatic rings. The molecule has 3 rings (SSSR count). The highest BCUT2D eigenvalue weighted by molar-refractivity contribution is 5.31. The van der Waals surface area contributed by atoms with Gasteiger partial charge in [-0.25, -0.2) is 4.98 Å². The molecule has 0 aromatic carbocycles. The molecule has 4 nitrogen and oxygen atoms in total. The number of aromatic nitrogens is 2. The van der Waals surface area contributed by atoms with Crippen LogP contribution >= 0.6 is 0 Å². The summed E-state index contributed by atoms with van der Waals surface area (Å²) in [6.07, 6.45) is 10.2. The molecule has 1 atom stereocenters. The first-order chi connectivity index (χ1) is 9.22. The Morgan fingerprint density at radius 1 is 1.21 bits per heavy atom. The molecule has 1 saturated carbocycles. The predicted molar refractivity (Wildman–Crippen MR) is 78.6 cm³/mol. The van der Waals surface area contributed by atoms with E-state index in [1.54, 1.807) is 0 Å². The van der Waals surface area contributed by atoms with Crippen LogP contribution in [-0.4, -0.2) is 40.6 Å². The second-order valence-corrected chi connectivity index (χ2v) is 6.30. The van der Waals surface area contributed by atoms with E-state index in [0.717, 1.165) is 18.2 Å². The number of aryl methyl sites for hydroxylation is 1. The fourth-order valence-electron chi connectivity index (χ4n) is 3.50. The lowest BCUT2D eigenvalue weighted by Crippen LogP contribution is -2.26. The summed E-state index contributed by atoms with van der Waals surface area (Å²) in [7, 11) is 2.19. The molecule has 1 aromatic heterocycles. The smallest absolute Gasteiger partial charge is 0.203 e. The fourth-order valence-corrected chi connectivity index (χ4v) is 3.50. The molecular weight excluding hydrogens is 236 g/mol. The van der Waals surface area contributed by atoms with Gasteiger partial charge in [-0.15, -0.1) is 0 Å². The molecule has 1 unspecified atom stereocenters. The molecule has 1 aliphatic heterocycles. The summed E-state index contributed by atoms with van der Waals surface area (Å²) >= 11 is 0. The molecule has 2 aliphatic rings. The van der Waals surface area contributed by atoms with Gasteiger partial charge in [0.05, 0.1) is 5.69 Å². The number of nitrogens with zero attached hydrogens (tertiary/aromatic N) is 3. The van der Waals surface area contributed by atoms with Crippen LogP contribution in [0.15, 0.2) is 6.20 Å². The number of hydrogen-bond acceptors (Lipinski definition) is 3. The van der Waals surface area contributed by atoms with Crippen LogP contribution in [0.5, 0.6) is 0 Å². The SMILES string of the molecule is Cc1cn(C2CCCCC2)c(NC2CCN(C)C2)n1. The summed E-state index contributed by atoms with van der Waals surface area (Å²) < 4.78 is 2.41. The van der Waals surface area contributed by atoms with Crippen molar-refractivity contribution in [2.24, 2.45) is 0 Å². The molecule has 0 bridgehead atoms. The lowest BCUT2D eigenvalue weighted by atomic mass is 9.95. The van der Waals surface area contributed by atoms with E-state index >= 15 is 0 Å². The number of likely N-dealkylation sites (tertiary alicyclic amines) is 1. The quantitative estimate of drug-likeness (QED) is 0.909. The average molecular weight is 262 g/mol. The Balaban J connectivity index is 1.73. The predicted octanol–water partition coefficient (Wildman–Crippen LogP) is 2.81. The minimum absolute atomic E-state index is 0.564. The largest absolute Gasteiger partial charge is 0.352 e. The Labute approximate surface area is 116 Å². The Bertz CT molecular complexity index is 420. The maximum atomic E-state index is 4.71. The van der Waals surface area contributed by atoms with E-state index in [1.807, 2.05) is 0 Å². The van der Waals surface area contributed by atoms with Gasteiger partial charge >= 0.3 is 0 Å². The zero-order valence-corrected chi connectivity index (χ0v) is 12.2. The Morgan fingerprint density at radius 3 is 2.68 bits per heavy atom. The van der Waals surface area contributed by atoms with Crippen molar-refractivity contribution in [3.63, 3.8) is 0 Å². The minimum Gasteiger partial charge on any atom is -0.352 e. The Hall–Kier alpha value is -1.03. The van der Waals surface area contributed by atoms with Crippen LogP contribution < -0.4 is 5.32 Å². The Morgan fingerprint density at radius 2 is 2.00 bits per heavy atom. The molecule has 1 saturated heterocycles. The van der Waals surface area contributed by atoms with E-state index < -0.39 is 0 Å². The number of imidazole rings is 1. The van der Waals surface area contributed by atoms with E-state index in [2.05, 4.69) is 35.0 Å². The van der Waals surface area contributed by atoms with Gasteiger partial charge < -0.3 is 14.8 Å². The molecule has 2 heterocycles. The third kappa shape index (κ3) is 2.94. The van der Waals surface area contributed by atoms with Crippen molar-refractivity contribution < 1.29 is 0 Å². The van der Waals surface area contributed by atoms with Gasteiger partial charge in [0.15, 0.2) is 0 Å². The van der Waals surface area contributed by atoms with E-state index in [9.17, 15) is 0 Å². The van der Waals surface area contributed by atoms with Crippen LogP contribution in [0.2, 0.25) is 0 Å². The molecule has 2 fully saturated rings. The highest BCUT2D eigenvalue weighted by atomic mass is 15.3. The van der Waals surface area contributed by atoms with Crippen molar-refractivity contribution in [1.29, 1.82) is 0 Å². The van der Waals surface area contributed by atoms with Gasteiger partial charge in [-0.1, -0.05) is 19.3 Å². The number of likely N-dealkylation sites (N-methyl/N-ethyl adjacent to an activating group) is 1. The first kappa shape index (κ1) is 13.0. The van der Waals surface area contributed by atoms with Crippen LogP contribution in [-0.2, 0) is 0 Å². The summed E-state index contributed by atoms with van der Waals surface area (Å²) in [5.74, 6) is 1.10. The third-order valence-electron chi connectivity index (χ3n) is 4.55. The fraction of sp³-hybridized carbons (Fsp3) is 0.800. The monoisotopic (exact) mass is 262 g/mol. The summed E-state index contributed by atoms with van der Waals surface area (Å²) in [6.45, 7) is 4.43. The summed E-state index contributed by atoms with van der Waals surface area (Å²) in [6, 6.07) is 1.23. The Kier molecular flexibility index (Phi) is 3.78. The van der Waals surface area contributed by atoms with Gasteiger partial charge in [0.25, 0.3) is 0 Å². The number of nitrogens with one attached hydrogen (secondary N) is 1. The van der Waals surface area contributed by atoms with Gasteiger partial charge in [-0.05, 0) is 39.8 Å². The lowest BCUT2D eigenvalue weighted by molar-refractivity contribution is 0.355. The molecule has 0 spiro atoms. The summed E-state index contributed by atoms with van der Waals surface area (Å²) in [4.78, 5) is 7.10. The van der Waals surface area contributed by atoms with Gasteiger partial charge in [0.2, 0.25) is 5.95 Å². The van der Waals surface area contributed by atoms with Gasteiger partial charge in [0.1, 0.15) is 0 Å². The highest BCUT2D eigenvalue weighted by Crippen LogP contribution is 2.31. The summed E-state index contributed by atoms with van der Waals surface area (Å²) in [5, 5.41) is 3.67. The van der Waals surface area contributed by atoms with Gasteiger partial charge in [-0.3, -0.25) is 0 Å². The number of rotatable bonds is 3. The maximum absolute atomic E-state index is 4.71. The van der Waals surface area contributed by atoms with Crippen LogP contribution in [0.1, 0.15) is 50.3 Å². The first-order valence-corrected chi connectivity index (χ1v) is 7.73. The first-order valence-electron chi connectivity index (χ1n) is 7.73. The normalized spacial score (nSPS) is 25.9. The second kappa shape index (κ2) is 5.53. The van der Waals surface area contributed by atoms with Crippen molar-refractivity contribution in [3.8, 4) is 0 Å². The summed E-state index contributed by atoms with van der Waals surface area (Å²) in [5.41, 5.74) is 1.14. The van der Waals surface area contributed by atoms with Crippen LogP contribution in [0.3, 0.4) is 0 Å².